The number of aliphatic carboxylic acids is 1. The van der Waals surface area contributed by atoms with Crippen molar-refractivity contribution in [2.45, 2.75) is 31.9 Å². The summed E-state index contributed by atoms with van der Waals surface area (Å²) in [4.78, 5) is 8.90. The molecule has 3 aromatic rings. The second-order valence-corrected chi connectivity index (χ2v) is 6.58. The van der Waals surface area contributed by atoms with E-state index in [-0.39, 0.29) is 6.10 Å². The number of furan rings is 1. The molecule has 1 aliphatic heterocycles. The summed E-state index contributed by atoms with van der Waals surface area (Å²) in [6.07, 6.45) is -2.19. The molecule has 0 bridgehead atoms. The standard InChI is InChI=1S/C18H19N3O2.C2HF3O2/c1-2-4-14-12-22-16(9-13(14)3-1)11-19-10-15-5-6-18(23-15)17-7-8-20-21-17;3-2(4,5)1(6)7/h1-8,16,19H,9-12H2,(H,20,21);(H,6,7)/t16-;/m0./s1. The van der Waals surface area contributed by atoms with Crippen LogP contribution in [0.5, 0.6) is 0 Å². The lowest BCUT2D eigenvalue weighted by molar-refractivity contribution is -0.192. The first kappa shape index (κ1) is 21.6. The van der Waals surface area contributed by atoms with E-state index in [1.54, 1.807) is 6.20 Å². The number of H-pyrrole nitrogens is 1. The van der Waals surface area contributed by atoms with Crippen LogP contribution in [-0.4, -0.2) is 40.1 Å². The fourth-order valence-electron chi connectivity index (χ4n) is 2.91. The summed E-state index contributed by atoms with van der Waals surface area (Å²) in [5.74, 6) is -1.04. The second kappa shape index (κ2) is 9.59. The summed E-state index contributed by atoms with van der Waals surface area (Å²) in [6, 6.07) is 14.3. The Balaban J connectivity index is 0.000000318. The molecule has 3 N–H and O–H groups in total. The molecule has 3 heterocycles. The fourth-order valence-corrected chi connectivity index (χ4v) is 2.91. The van der Waals surface area contributed by atoms with Gasteiger partial charge in [-0.25, -0.2) is 4.79 Å². The minimum absolute atomic E-state index is 0.215. The fraction of sp³-hybridized carbons (Fsp3) is 0.300. The van der Waals surface area contributed by atoms with Gasteiger partial charge in [-0.05, 0) is 29.3 Å². The van der Waals surface area contributed by atoms with E-state index in [0.29, 0.717) is 13.2 Å². The van der Waals surface area contributed by atoms with Crippen LogP contribution >= 0.6 is 0 Å². The number of aromatic amines is 1. The predicted octanol–water partition coefficient (Wildman–Crippen LogP) is 3.53. The summed E-state index contributed by atoms with van der Waals surface area (Å²) >= 11 is 0. The molecule has 0 radical (unpaired) electrons. The molecular formula is C20H20F3N3O4. The van der Waals surface area contributed by atoms with Gasteiger partial charge in [0.1, 0.15) is 11.5 Å². The number of rotatable bonds is 5. The highest BCUT2D eigenvalue weighted by Gasteiger charge is 2.38. The van der Waals surface area contributed by atoms with Crippen molar-refractivity contribution in [3.05, 3.63) is 65.5 Å². The van der Waals surface area contributed by atoms with Crippen molar-refractivity contribution in [1.29, 1.82) is 0 Å². The number of aromatic nitrogens is 2. The lowest BCUT2D eigenvalue weighted by atomic mass is 9.99. The molecule has 0 aliphatic carbocycles. The van der Waals surface area contributed by atoms with Crippen LogP contribution in [0.4, 0.5) is 13.2 Å². The molecule has 0 unspecified atom stereocenters. The number of carbonyl (C=O) groups is 1. The zero-order valence-corrected chi connectivity index (χ0v) is 15.8. The van der Waals surface area contributed by atoms with Gasteiger partial charge in [0.15, 0.2) is 5.76 Å². The quantitative estimate of drug-likeness (QED) is 0.581. The zero-order chi connectivity index (χ0) is 21.6. The van der Waals surface area contributed by atoms with E-state index in [1.165, 1.54) is 11.1 Å². The number of fused-ring (bicyclic) bond motifs is 1. The van der Waals surface area contributed by atoms with Gasteiger partial charge >= 0.3 is 12.1 Å². The minimum Gasteiger partial charge on any atom is -0.475 e. The van der Waals surface area contributed by atoms with Gasteiger partial charge in [0, 0.05) is 19.2 Å². The Labute approximate surface area is 169 Å². The molecule has 1 atom stereocenters. The van der Waals surface area contributed by atoms with Crippen molar-refractivity contribution in [3.8, 4) is 11.5 Å². The molecule has 160 valence electrons. The highest BCUT2D eigenvalue weighted by molar-refractivity contribution is 5.73. The van der Waals surface area contributed by atoms with E-state index >= 15 is 0 Å². The van der Waals surface area contributed by atoms with Crippen LogP contribution in [0, 0.1) is 0 Å². The summed E-state index contributed by atoms with van der Waals surface area (Å²) in [5, 5.41) is 17.4. The third-order valence-electron chi connectivity index (χ3n) is 4.38. The first-order chi connectivity index (χ1) is 14.3. The molecule has 7 nitrogen and oxygen atoms in total. The monoisotopic (exact) mass is 423 g/mol. The average molecular weight is 423 g/mol. The number of hydrogen-bond acceptors (Lipinski definition) is 5. The van der Waals surface area contributed by atoms with Crippen molar-refractivity contribution in [2.75, 3.05) is 6.54 Å². The Morgan fingerprint density at radius 3 is 2.60 bits per heavy atom. The van der Waals surface area contributed by atoms with Crippen LogP contribution in [-0.2, 0) is 29.1 Å². The molecule has 4 rings (SSSR count). The Hall–Kier alpha value is -3.11. The number of ether oxygens (including phenoxy) is 1. The van der Waals surface area contributed by atoms with Crippen LogP contribution in [0.25, 0.3) is 11.5 Å². The lowest BCUT2D eigenvalue weighted by Crippen LogP contribution is -2.33. The predicted molar refractivity (Wildman–Crippen MR) is 100 cm³/mol. The highest BCUT2D eigenvalue weighted by Crippen LogP contribution is 2.21. The van der Waals surface area contributed by atoms with E-state index < -0.39 is 12.1 Å². The molecule has 1 aromatic carbocycles. The van der Waals surface area contributed by atoms with E-state index in [0.717, 1.165) is 30.2 Å². The van der Waals surface area contributed by atoms with E-state index in [2.05, 4.69) is 39.8 Å². The maximum atomic E-state index is 10.6. The van der Waals surface area contributed by atoms with Gasteiger partial charge in [0.25, 0.3) is 0 Å². The van der Waals surface area contributed by atoms with Crippen LogP contribution in [0.2, 0.25) is 0 Å². The van der Waals surface area contributed by atoms with E-state index in [1.807, 2.05) is 18.2 Å². The van der Waals surface area contributed by atoms with Gasteiger partial charge in [-0.1, -0.05) is 24.3 Å². The van der Waals surface area contributed by atoms with Gasteiger partial charge in [-0.15, -0.1) is 0 Å². The van der Waals surface area contributed by atoms with E-state index in [9.17, 15) is 13.2 Å². The first-order valence-electron chi connectivity index (χ1n) is 9.10. The molecule has 0 spiro atoms. The minimum atomic E-state index is -5.08. The molecule has 30 heavy (non-hydrogen) atoms. The van der Waals surface area contributed by atoms with Crippen LogP contribution in [0.15, 0.2) is 53.1 Å². The maximum absolute atomic E-state index is 10.6. The number of halogens is 3. The second-order valence-electron chi connectivity index (χ2n) is 6.58. The van der Waals surface area contributed by atoms with Gasteiger partial charge in [-0.3, -0.25) is 5.10 Å². The summed E-state index contributed by atoms with van der Waals surface area (Å²) in [7, 11) is 0. The average Bonchev–Trinajstić information content (AvgIpc) is 3.39. The highest BCUT2D eigenvalue weighted by atomic mass is 19.4. The smallest absolute Gasteiger partial charge is 0.475 e. The molecule has 0 saturated carbocycles. The normalized spacial score (nSPS) is 15.8. The lowest BCUT2D eigenvalue weighted by Gasteiger charge is -2.25. The number of carboxylic acids is 1. The number of carboxylic acid groups (broad SMARTS) is 1. The number of nitrogens with zero attached hydrogens (tertiary/aromatic N) is 1. The molecule has 0 amide bonds. The Morgan fingerprint density at radius 2 is 1.93 bits per heavy atom. The third-order valence-corrected chi connectivity index (χ3v) is 4.38. The number of benzene rings is 1. The largest absolute Gasteiger partial charge is 0.490 e. The molecule has 0 saturated heterocycles. The zero-order valence-electron chi connectivity index (χ0n) is 15.8. The third kappa shape index (κ3) is 5.94. The van der Waals surface area contributed by atoms with Crippen molar-refractivity contribution >= 4 is 5.97 Å². The van der Waals surface area contributed by atoms with Crippen molar-refractivity contribution in [3.63, 3.8) is 0 Å². The van der Waals surface area contributed by atoms with Crippen molar-refractivity contribution < 1.29 is 32.2 Å². The Bertz CT molecular complexity index is 954. The maximum Gasteiger partial charge on any atom is 0.490 e. The number of alkyl halides is 3. The first-order valence-corrected chi connectivity index (χ1v) is 9.10. The van der Waals surface area contributed by atoms with Gasteiger partial charge < -0.3 is 19.6 Å². The molecule has 1 aliphatic rings. The Kier molecular flexibility index (Phi) is 6.91. The Morgan fingerprint density at radius 1 is 1.20 bits per heavy atom. The van der Waals surface area contributed by atoms with E-state index in [4.69, 9.17) is 19.1 Å². The topological polar surface area (TPSA) is 100 Å². The number of hydrogen-bond donors (Lipinski definition) is 3. The van der Waals surface area contributed by atoms with Gasteiger partial charge in [0.2, 0.25) is 0 Å². The molecular weight excluding hydrogens is 403 g/mol. The molecule has 10 heteroatoms. The summed E-state index contributed by atoms with van der Waals surface area (Å²) < 4.78 is 43.4. The SMILES string of the molecule is O=C(O)C(F)(F)F.c1ccc2c(c1)CO[C@H](CNCc1ccc(-c3ccn[nH]3)o1)C2. The summed E-state index contributed by atoms with van der Waals surface area (Å²) in [5.41, 5.74) is 3.59. The summed E-state index contributed by atoms with van der Waals surface area (Å²) in [6.45, 7) is 2.21. The number of nitrogens with one attached hydrogen (secondary N) is 2. The van der Waals surface area contributed by atoms with Gasteiger partial charge in [0.05, 0.1) is 19.3 Å². The van der Waals surface area contributed by atoms with Crippen molar-refractivity contribution in [2.24, 2.45) is 0 Å². The van der Waals surface area contributed by atoms with Crippen LogP contribution < -0.4 is 5.32 Å². The molecule has 0 fully saturated rings. The van der Waals surface area contributed by atoms with Crippen LogP contribution in [0.3, 0.4) is 0 Å². The van der Waals surface area contributed by atoms with Crippen molar-refractivity contribution in [1.82, 2.24) is 15.5 Å². The van der Waals surface area contributed by atoms with Gasteiger partial charge in [-0.2, -0.15) is 18.3 Å². The molecule has 2 aromatic heterocycles. The van der Waals surface area contributed by atoms with Crippen LogP contribution in [0.1, 0.15) is 16.9 Å².